The maximum atomic E-state index is 5.42. The van der Waals surface area contributed by atoms with E-state index < -0.39 is 0 Å². The van der Waals surface area contributed by atoms with Crippen LogP contribution in [0.3, 0.4) is 0 Å². The molecule has 2 aromatic heterocycles. The van der Waals surface area contributed by atoms with Gasteiger partial charge in [-0.3, -0.25) is 14.8 Å². The van der Waals surface area contributed by atoms with E-state index in [1.807, 2.05) is 30.1 Å². The van der Waals surface area contributed by atoms with Crippen LogP contribution in [0, 0.1) is 0 Å². The Bertz CT molecular complexity index is 612. The van der Waals surface area contributed by atoms with E-state index in [4.69, 9.17) is 4.52 Å². The molecule has 0 aromatic carbocycles. The first-order chi connectivity index (χ1) is 11.7. The number of thioether (sulfide) groups is 1. The Kier molecular flexibility index (Phi) is 6.23. The molecule has 6 nitrogen and oxygen atoms in total. The number of piperazine rings is 1. The second kappa shape index (κ2) is 8.60. The Morgan fingerprint density at radius 2 is 1.92 bits per heavy atom. The smallest absolute Gasteiger partial charge is 0.240 e. The van der Waals surface area contributed by atoms with Gasteiger partial charge in [0.1, 0.15) is 0 Å². The molecule has 0 amide bonds. The zero-order valence-corrected chi connectivity index (χ0v) is 15.2. The van der Waals surface area contributed by atoms with Crippen molar-refractivity contribution < 1.29 is 4.52 Å². The standard InChI is InChI=1S/C17H25N5OS/c1-3-24-14(2)17-19-16(23-20-17)13-22-10-8-21(9-11-22)12-15-6-4-5-7-18-15/h4-7,14H,3,8-13H2,1-2H3/t14-/m0/s1. The zero-order chi connectivity index (χ0) is 16.8. The summed E-state index contributed by atoms with van der Waals surface area (Å²) in [6, 6.07) is 6.09. The summed E-state index contributed by atoms with van der Waals surface area (Å²) in [5, 5.41) is 4.41. The van der Waals surface area contributed by atoms with Crippen LogP contribution in [0.25, 0.3) is 0 Å². The number of rotatable bonds is 7. The van der Waals surface area contributed by atoms with E-state index in [-0.39, 0.29) is 0 Å². The van der Waals surface area contributed by atoms with Crippen LogP contribution in [-0.4, -0.2) is 56.9 Å². The Hall–Kier alpha value is -1.44. The van der Waals surface area contributed by atoms with Crippen LogP contribution in [-0.2, 0) is 13.1 Å². The lowest BCUT2D eigenvalue weighted by atomic mass is 10.2. The molecule has 24 heavy (non-hydrogen) atoms. The van der Waals surface area contributed by atoms with Gasteiger partial charge in [-0.2, -0.15) is 16.7 Å². The zero-order valence-electron chi connectivity index (χ0n) is 14.4. The SMILES string of the molecule is CCS[C@@H](C)c1noc(CN2CCN(Cc3ccccn3)CC2)n1. The first-order valence-electron chi connectivity index (χ1n) is 8.53. The lowest BCUT2D eigenvalue weighted by Gasteiger charge is -2.33. The molecule has 0 bridgehead atoms. The largest absolute Gasteiger partial charge is 0.338 e. The molecule has 0 radical (unpaired) electrons. The van der Waals surface area contributed by atoms with Crippen molar-refractivity contribution >= 4 is 11.8 Å². The van der Waals surface area contributed by atoms with E-state index in [0.717, 1.165) is 62.4 Å². The minimum absolute atomic E-state index is 0.294. The Labute approximate surface area is 147 Å². The van der Waals surface area contributed by atoms with E-state index in [1.54, 1.807) is 0 Å². The molecule has 2 aromatic rings. The van der Waals surface area contributed by atoms with Crippen LogP contribution in [0.1, 0.15) is 36.5 Å². The predicted octanol–water partition coefficient (Wildman–Crippen LogP) is 2.60. The van der Waals surface area contributed by atoms with Gasteiger partial charge < -0.3 is 4.52 Å². The monoisotopic (exact) mass is 347 g/mol. The average molecular weight is 347 g/mol. The van der Waals surface area contributed by atoms with E-state index in [0.29, 0.717) is 5.25 Å². The summed E-state index contributed by atoms with van der Waals surface area (Å²) < 4.78 is 5.42. The normalized spacial score (nSPS) is 17.9. The number of hydrogen-bond donors (Lipinski definition) is 0. The summed E-state index contributed by atoms with van der Waals surface area (Å²) in [5.41, 5.74) is 1.13. The topological polar surface area (TPSA) is 58.3 Å². The van der Waals surface area contributed by atoms with Crippen LogP contribution in [0.2, 0.25) is 0 Å². The molecule has 130 valence electrons. The fourth-order valence-corrected chi connectivity index (χ4v) is 3.58. The molecule has 0 unspecified atom stereocenters. The van der Waals surface area contributed by atoms with Crippen molar-refractivity contribution in [1.29, 1.82) is 0 Å². The molecule has 7 heteroatoms. The van der Waals surface area contributed by atoms with Crippen molar-refractivity contribution in [3.05, 3.63) is 41.8 Å². The van der Waals surface area contributed by atoms with Gasteiger partial charge in [0, 0.05) is 38.9 Å². The summed E-state index contributed by atoms with van der Waals surface area (Å²) in [5.74, 6) is 2.60. The first kappa shape index (κ1) is 17.4. The van der Waals surface area contributed by atoms with Crippen LogP contribution in [0.4, 0.5) is 0 Å². The summed E-state index contributed by atoms with van der Waals surface area (Å²) in [7, 11) is 0. The molecule has 1 aliphatic heterocycles. The number of pyridine rings is 1. The van der Waals surface area contributed by atoms with Crippen LogP contribution in [0.5, 0.6) is 0 Å². The van der Waals surface area contributed by atoms with Crippen molar-refractivity contribution in [3.8, 4) is 0 Å². The summed E-state index contributed by atoms with van der Waals surface area (Å²) in [6.45, 7) is 10.1. The van der Waals surface area contributed by atoms with Gasteiger partial charge in [0.25, 0.3) is 0 Å². The molecule has 0 N–H and O–H groups in total. The number of hydrogen-bond acceptors (Lipinski definition) is 7. The van der Waals surface area contributed by atoms with E-state index in [2.05, 4.69) is 44.8 Å². The summed E-state index contributed by atoms with van der Waals surface area (Å²) >= 11 is 1.83. The highest BCUT2D eigenvalue weighted by Gasteiger charge is 2.20. The van der Waals surface area contributed by atoms with Gasteiger partial charge >= 0.3 is 0 Å². The second-order valence-corrected chi connectivity index (χ2v) is 7.64. The first-order valence-corrected chi connectivity index (χ1v) is 9.58. The van der Waals surface area contributed by atoms with Crippen molar-refractivity contribution in [1.82, 2.24) is 24.9 Å². The highest BCUT2D eigenvalue weighted by atomic mass is 32.2. The lowest BCUT2D eigenvalue weighted by molar-refractivity contribution is 0.111. The molecule has 3 heterocycles. The minimum Gasteiger partial charge on any atom is -0.338 e. The van der Waals surface area contributed by atoms with Gasteiger partial charge in [0.05, 0.1) is 17.5 Å². The van der Waals surface area contributed by atoms with Gasteiger partial charge in [-0.1, -0.05) is 18.1 Å². The predicted molar refractivity (Wildman–Crippen MR) is 95.6 cm³/mol. The van der Waals surface area contributed by atoms with Crippen molar-refractivity contribution in [3.63, 3.8) is 0 Å². The quantitative estimate of drug-likeness (QED) is 0.763. The van der Waals surface area contributed by atoms with Gasteiger partial charge in [-0.15, -0.1) is 0 Å². The van der Waals surface area contributed by atoms with Gasteiger partial charge in [0.15, 0.2) is 5.82 Å². The highest BCUT2D eigenvalue weighted by Crippen LogP contribution is 2.25. The summed E-state index contributed by atoms with van der Waals surface area (Å²) in [6.07, 6.45) is 1.86. The Morgan fingerprint density at radius 3 is 2.58 bits per heavy atom. The van der Waals surface area contributed by atoms with Gasteiger partial charge in [-0.25, -0.2) is 0 Å². The summed E-state index contributed by atoms with van der Waals surface area (Å²) in [4.78, 5) is 13.8. The van der Waals surface area contributed by atoms with Crippen molar-refractivity contribution in [2.24, 2.45) is 0 Å². The van der Waals surface area contributed by atoms with Gasteiger partial charge in [-0.05, 0) is 24.8 Å². The van der Waals surface area contributed by atoms with Gasteiger partial charge in [0.2, 0.25) is 5.89 Å². The maximum absolute atomic E-state index is 5.42. The number of aromatic nitrogens is 3. The number of nitrogens with zero attached hydrogens (tertiary/aromatic N) is 5. The molecular formula is C17H25N5OS. The molecule has 3 rings (SSSR count). The molecule has 0 saturated carbocycles. The fraction of sp³-hybridized carbons (Fsp3) is 0.588. The highest BCUT2D eigenvalue weighted by molar-refractivity contribution is 7.99. The molecule has 1 atom stereocenters. The molecule has 1 aliphatic rings. The van der Waals surface area contributed by atoms with Crippen LogP contribution in [0.15, 0.2) is 28.9 Å². The molecule has 1 fully saturated rings. The van der Waals surface area contributed by atoms with E-state index in [1.165, 1.54) is 0 Å². The van der Waals surface area contributed by atoms with Crippen LogP contribution >= 0.6 is 11.8 Å². The third-order valence-electron chi connectivity index (χ3n) is 4.20. The lowest BCUT2D eigenvalue weighted by Crippen LogP contribution is -2.45. The van der Waals surface area contributed by atoms with Crippen molar-refractivity contribution in [2.45, 2.75) is 32.2 Å². The average Bonchev–Trinajstić information content (AvgIpc) is 3.06. The minimum atomic E-state index is 0.294. The van der Waals surface area contributed by atoms with E-state index in [9.17, 15) is 0 Å². The third-order valence-corrected chi connectivity index (χ3v) is 5.24. The Morgan fingerprint density at radius 1 is 1.17 bits per heavy atom. The molecule has 1 saturated heterocycles. The molecular weight excluding hydrogens is 322 g/mol. The molecule has 0 aliphatic carbocycles. The fourth-order valence-electron chi connectivity index (χ4n) is 2.84. The Balaban J connectivity index is 1.45. The van der Waals surface area contributed by atoms with Crippen molar-refractivity contribution in [2.75, 3.05) is 31.9 Å². The maximum Gasteiger partial charge on any atom is 0.240 e. The van der Waals surface area contributed by atoms with E-state index >= 15 is 0 Å². The van der Waals surface area contributed by atoms with Crippen LogP contribution < -0.4 is 0 Å². The third kappa shape index (κ3) is 4.78. The molecule has 0 spiro atoms. The second-order valence-electron chi connectivity index (χ2n) is 6.02.